The number of carbonyl (C=O) groups is 1. The van der Waals surface area contributed by atoms with E-state index in [0.717, 1.165) is 4.83 Å². The Balaban J connectivity index is 0.00000220. The second-order valence-electron chi connectivity index (χ2n) is 5.40. The summed E-state index contributed by atoms with van der Waals surface area (Å²) < 4.78 is 1.46. The van der Waals surface area contributed by atoms with E-state index < -0.39 is 5.54 Å². The zero-order valence-corrected chi connectivity index (χ0v) is 13.6. The molecule has 2 aromatic heterocycles. The van der Waals surface area contributed by atoms with Crippen LogP contribution in [-0.2, 0) is 11.3 Å². The predicted octanol–water partition coefficient (Wildman–Crippen LogP) is 1.12. The fourth-order valence-electron chi connectivity index (χ4n) is 1.69. The number of halogens is 1. The number of rotatable bonds is 5. The molecule has 0 atom stereocenters. The number of thiophene rings is 1. The van der Waals surface area contributed by atoms with E-state index in [1.54, 1.807) is 6.07 Å². The molecule has 0 radical (unpaired) electrons. The first-order valence-electron chi connectivity index (χ1n) is 6.35. The Hall–Kier alpha value is -1.44. The van der Waals surface area contributed by atoms with Crippen molar-refractivity contribution in [2.24, 2.45) is 5.73 Å². The third kappa shape index (κ3) is 4.80. The molecular weight excluding hydrogens is 312 g/mol. The van der Waals surface area contributed by atoms with E-state index in [1.165, 1.54) is 22.2 Å². The maximum absolute atomic E-state index is 12.1. The maximum Gasteiger partial charge on any atom is 0.262 e. The minimum absolute atomic E-state index is 0. The highest BCUT2D eigenvalue weighted by atomic mass is 35.5. The van der Waals surface area contributed by atoms with Crippen molar-refractivity contribution in [3.8, 4) is 0 Å². The van der Waals surface area contributed by atoms with Crippen molar-refractivity contribution in [2.75, 3.05) is 6.54 Å². The van der Waals surface area contributed by atoms with Crippen LogP contribution in [0.25, 0.3) is 10.2 Å². The van der Waals surface area contributed by atoms with Gasteiger partial charge in [-0.1, -0.05) is 0 Å². The lowest BCUT2D eigenvalue weighted by molar-refractivity contribution is -0.121. The first-order chi connectivity index (χ1) is 9.37. The van der Waals surface area contributed by atoms with Crippen molar-refractivity contribution in [3.63, 3.8) is 0 Å². The molecule has 2 rings (SSSR count). The number of fused-ring (bicyclic) bond motifs is 1. The van der Waals surface area contributed by atoms with Crippen LogP contribution in [0.4, 0.5) is 0 Å². The highest BCUT2D eigenvalue weighted by Gasteiger charge is 2.12. The molecule has 0 aromatic carbocycles. The van der Waals surface area contributed by atoms with Gasteiger partial charge in [0.05, 0.1) is 11.7 Å². The number of amides is 1. The Morgan fingerprint density at radius 1 is 1.52 bits per heavy atom. The van der Waals surface area contributed by atoms with Crippen molar-refractivity contribution in [3.05, 3.63) is 28.1 Å². The second-order valence-corrected chi connectivity index (χ2v) is 6.29. The van der Waals surface area contributed by atoms with Gasteiger partial charge in [-0.15, -0.1) is 23.7 Å². The topological polar surface area (TPSA) is 90.0 Å². The lowest BCUT2D eigenvalue weighted by Crippen LogP contribution is -2.45. The molecule has 6 nitrogen and oxygen atoms in total. The molecule has 0 unspecified atom stereocenters. The van der Waals surface area contributed by atoms with E-state index in [0.29, 0.717) is 18.5 Å². The van der Waals surface area contributed by atoms with Gasteiger partial charge in [-0.2, -0.15) is 0 Å². The molecule has 0 saturated carbocycles. The highest BCUT2D eigenvalue weighted by Crippen LogP contribution is 2.13. The minimum Gasteiger partial charge on any atom is -0.354 e. The van der Waals surface area contributed by atoms with Gasteiger partial charge in [-0.3, -0.25) is 14.2 Å². The van der Waals surface area contributed by atoms with Crippen LogP contribution in [-0.4, -0.2) is 27.5 Å². The van der Waals surface area contributed by atoms with E-state index in [9.17, 15) is 9.59 Å². The van der Waals surface area contributed by atoms with Crippen LogP contribution in [0.2, 0.25) is 0 Å². The molecule has 0 spiro atoms. The minimum atomic E-state index is -0.441. The van der Waals surface area contributed by atoms with Gasteiger partial charge in [0, 0.05) is 25.0 Å². The zero-order valence-electron chi connectivity index (χ0n) is 12.0. The van der Waals surface area contributed by atoms with Gasteiger partial charge in [-0.25, -0.2) is 4.98 Å². The van der Waals surface area contributed by atoms with Crippen LogP contribution >= 0.6 is 23.7 Å². The molecule has 2 heterocycles. The van der Waals surface area contributed by atoms with Crippen molar-refractivity contribution < 1.29 is 4.79 Å². The van der Waals surface area contributed by atoms with Gasteiger partial charge < -0.3 is 11.1 Å². The fourth-order valence-corrected chi connectivity index (χ4v) is 2.41. The SMILES string of the molecule is CC(C)(N)CNC(=O)CCn1cnc2sccc2c1=O.Cl. The number of nitrogens with two attached hydrogens (primary N) is 1. The van der Waals surface area contributed by atoms with Gasteiger partial charge in [0.1, 0.15) is 4.83 Å². The average Bonchev–Trinajstić information content (AvgIpc) is 2.84. The predicted molar refractivity (Wildman–Crippen MR) is 87.0 cm³/mol. The van der Waals surface area contributed by atoms with Crippen molar-refractivity contribution in [2.45, 2.75) is 32.4 Å². The Morgan fingerprint density at radius 3 is 2.90 bits per heavy atom. The molecule has 0 bridgehead atoms. The first-order valence-corrected chi connectivity index (χ1v) is 7.23. The normalized spacial score (nSPS) is 11.2. The van der Waals surface area contributed by atoms with E-state index in [4.69, 9.17) is 5.73 Å². The average molecular weight is 331 g/mol. The van der Waals surface area contributed by atoms with Crippen LogP contribution in [0.3, 0.4) is 0 Å². The largest absolute Gasteiger partial charge is 0.354 e. The monoisotopic (exact) mass is 330 g/mol. The van der Waals surface area contributed by atoms with E-state index in [1.807, 2.05) is 19.2 Å². The summed E-state index contributed by atoms with van der Waals surface area (Å²) in [5.74, 6) is -0.124. The molecule has 21 heavy (non-hydrogen) atoms. The fraction of sp³-hybridized carbons (Fsp3) is 0.462. The molecule has 0 aliphatic rings. The summed E-state index contributed by atoms with van der Waals surface area (Å²) in [6.45, 7) is 4.40. The summed E-state index contributed by atoms with van der Waals surface area (Å²) in [5, 5.41) is 5.18. The second kappa shape index (κ2) is 7.02. The molecule has 3 N–H and O–H groups in total. The number of hydrogen-bond donors (Lipinski definition) is 2. The summed E-state index contributed by atoms with van der Waals surface area (Å²) in [6, 6.07) is 1.75. The summed E-state index contributed by atoms with van der Waals surface area (Å²) in [7, 11) is 0. The third-order valence-electron chi connectivity index (χ3n) is 2.77. The summed E-state index contributed by atoms with van der Waals surface area (Å²) in [4.78, 5) is 28.7. The number of nitrogens with zero attached hydrogens (tertiary/aromatic N) is 2. The standard InChI is InChI=1S/C13H18N4O2S.ClH/c1-13(2,14)7-15-10(18)3-5-17-8-16-11-9(12(17)19)4-6-20-11;/h4,6,8H,3,5,7,14H2,1-2H3,(H,15,18);1H. The first kappa shape index (κ1) is 17.6. The van der Waals surface area contributed by atoms with Crippen molar-refractivity contribution in [1.82, 2.24) is 14.9 Å². The van der Waals surface area contributed by atoms with Crippen LogP contribution in [0.1, 0.15) is 20.3 Å². The quantitative estimate of drug-likeness (QED) is 0.859. The molecule has 0 saturated heterocycles. The number of nitrogens with one attached hydrogen (secondary N) is 1. The number of hydrogen-bond acceptors (Lipinski definition) is 5. The molecule has 0 aliphatic heterocycles. The lowest BCUT2D eigenvalue weighted by Gasteiger charge is -2.18. The van der Waals surface area contributed by atoms with E-state index in [2.05, 4.69) is 10.3 Å². The van der Waals surface area contributed by atoms with Crippen molar-refractivity contribution in [1.29, 1.82) is 0 Å². The zero-order chi connectivity index (χ0) is 14.8. The molecule has 1 amide bonds. The van der Waals surface area contributed by atoms with Gasteiger partial charge in [0.2, 0.25) is 5.91 Å². The van der Waals surface area contributed by atoms with Crippen LogP contribution in [0, 0.1) is 0 Å². The molecular formula is C13H19ClN4O2S. The molecule has 116 valence electrons. The summed E-state index contributed by atoms with van der Waals surface area (Å²) in [6.07, 6.45) is 1.72. The summed E-state index contributed by atoms with van der Waals surface area (Å²) in [5.41, 5.74) is 5.24. The van der Waals surface area contributed by atoms with Gasteiger partial charge >= 0.3 is 0 Å². The lowest BCUT2D eigenvalue weighted by atomic mass is 10.1. The highest BCUT2D eigenvalue weighted by molar-refractivity contribution is 7.16. The Bertz CT molecular complexity index is 675. The smallest absolute Gasteiger partial charge is 0.262 e. The third-order valence-corrected chi connectivity index (χ3v) is 3.59. The maximum atomic E-state index is 12.1. The van der Waals surface area contributed by atoms with E-state index >= 15 is 0 Å². The Morgan fingerprint density at radius 2 is 2.24 bits per heavy atom. The molecule has 0 fully saturated rings. The Kier molecular flexibility index (Phi) is 5.88. The van der Waals surface area contributed by atoms with Crippen LogP contribution < -0.4 is 16.6 Å². The van der Waals surface area contributed by atoms with Gasteiger partial charge in [0.15, 0.2) is 0 Å². The molecule has 0 aliphatic carbocycles. The Labute approximate surface area is 132 Å². The molecule has 2 aromatic rings. The van der Waals surface area contributed by atoms with Crippen molar-refractivity contribution >= 4 is 39.9 Å². The van der Waals surface area contributed by atoms with E-state index in [-0.39, 0.29) is 30.3 Å². The van der Waals surface area contributed by atoms with Crippen LogP contribution in [0.15, 0.2) is 22.6 Å². The number of carbonyl (C=O) groups excluding carboxylic acids is 1. The number of aromatic nitrogens is 2. The summed E-state index contributed by atoms with van der Waals surface area (Å²) >= 11 is 1.43. The van der Waals surface area contributed by atoms with Gasteiger partial charge in [-0.05, 0) is 25.3 Å². The van der Waals surface area contributed by atoms with Crippen LogP contribution in [0.5, 0.6) is 0 Å². The number of aryl methyl sites for hydroxylation is 1. The van der Waals surface area contributed by atoms with Gasteiger partial charge in [0.25, 0.3) is 5.56 Å². The molecule has 8 heteroatoms.